The van der Waals surface area contributed by atoms with Crippen molar-refractivity contribution in [2.24, 2.45) is 0 Å². The first-order chi connectivity index (χ1) is 7.46. The zero-order chi connectivity index (χ0) is 11.8. The van der Waals surface area contributed by atoms with Crippen LogP contribution in [0.2, 0.25) is 5.02 Å². The van der Waals surface area contributed by atoms with Gasteiger partial charge in [0.2, 0.25) is 0 Å². The molecule has 1 heterocycles. The van der Waals surface area contributed by atoms with Crippen LogP contribution in [0.4, 0.5) is 13.2 Å². The van der Waals surface area contributed by atoms with E-state index in [1.165, 1.54) is 24.4 Å². The molecule has 0 bridgehead atoms. The normalized spacial score (nSPS) is 11.8. The molecule has 0 radical (unpaired) electrons. The summed E-state index contributed by atoms with van der Waals surface area (Å²) in [6, 6.07) is 5.39. The summed E-state index contributed by atoms with van der Waals surface area (Å²) in [5, 5.41) is 1.02. The molecule has 2 aromatic rings. The Morgan fingerprint density at radius 1 is 1.19 bits per heavy atom. The topological polar surface area (TPSA) is 22.1 Å². The SMILES string of the molecule is FC(F)(F)Oc1ccc2c(Cl)ccnc2c1. The first kappa shape index (κ1) is 11.0. The van der Waals surface area contributed by atoms with Crippen molar-refractivity contribution < 1.29 is 17.9 Å². The van der Waals surface area contributed by atoms with Crippen molar-refractivity contribution in [2.45, 2.75) is 6.36 Å². The van der Waals surface area contributed by atoms with Crippen molar-refractivity contribution in [1.29, 1.82) is 0 Å². The number of rotatable bonds is 1. The van der Waals surface area contributed by atoms with E-state index in [0.717, 1.165) is 0 Å². The number of ether oxygens (including phenoxy) is 1. The second-order valence-electron chi connectivity index (χ2n) is 3.02. The van der Waals surface area contributed by atoms with Gasteiger partial charge in [0.05, 0.1) is 10.5 Å². The molecule has 16 heavy (non-hydrogen) atoms. The molecular formula is C10H5ClF3NO. The molecular weight excluding hydrogens is 243 g/mol. The van der Waals surface area contributed by atoms with Gasteiger partial charge < -0.3 is 4.74 Å². The van der Waals surface area contributed by atoms with Gasteiger partial charge in [-0.3, -0.25) is 4.98 Å². The van der Waals surface area contributed by atoms with Gasteiger partial charge in [0.15, 0.2) is 0 Å². The fourth-order valence-electron chi connectivity index (χ4n) is 1.29. The molecule has 1 aromatic carbocycles. The minimum atomic E-state index is -4.70. The zero-order valence-electron chi connectivity index (χ0n) is 7.75. The number of benzene rings is 1. The average molecular weight is 248 g/mol. The van der Waals surface area contributed by atoms with E-state index in [2.05, 4.69) is 9.72 Å². The molecule has 1 aromatic heterocycles. The van der Waals surface area contributed by atoms with Crippen LogP contribution in [0.3, 0.4) is 0 Å². The largest absolute Gasteiger partial charge is 0.573 e. The van der Waals surface area contributed by atoms with Crippen LogP contribution >= 0.6 is 11.6 Å². The Bertz CT molecular complexity index is 527. The van der Waals surface area contributed by atoms with Crippen LogP contribution in [0.25, 0.3) is 10.9 Å². The van der Waals surface area contributed by atoms with Gasteiger partial charge in [0.25, 0.3) is 0 Å². The molecule has 0 saturated carbocycles. The number of aromatic nitrogens is 1. The highest BCUT2D eigenvalue weighted by Crippen LogP contribution is 2.28. The highest BCUT2D eigenvalue weighted by molar-refractivity contribution is 6.35. The van der Waals surface area contributed by atoms with E-state index in [9.17, 15) is 13.2 Å². The number of hydrogen-bond acceptors (Lipinski definition) is 2. The van der Waals surface area contributed by atoms with Crippen molar-refractivity contribution in [3.8, 4) is 5.75 Å². The van der Waals surface area contributed by atoms with E-state index in [1.807, 2.05) is 0 Å². The van der Waals surface area contributed by atoms with E-state index in [1.54, 1.807) is 6.07 Å². The molecule has 0 spiro atoms. The van der Waals surface area contributed by atoms with E-state index in [0.29, 0.717) is 15.9 Å². The molecule has 0 saturated heterocycles. The lowest BCUT2D eigenvalue weighted by Gasteiger charge is -2.09. The summed E-state index contributed by atoms with van der Waals surface area (Å²) in [4.78, 5) is 3.90. The highest BCUT2D eigenvalue weighted by Gasteiger charge is 2.31. The van der Waals surface area contributed by atoms with Gasteiger partial charge in [-0.2, -0.15) is 0 Å². The lowest BCUT2D eigenvalue weighted by molar-refractivity contribution is -0.274. The van der Waals surface area contributed by atoms with Crippen molar-refractivity contribution in [3.63, 3.8) is 0 Å². The number of halogens is 4. The van der Waals surface area contributed by atoms with E-state index in [4.69, 9.17) is 11.6 Å². The van der Waals surface area contributed by atoms with Gasteiger partial charge in [0, 0.05) is 17.6 Å². The van der Waals surface area contributed by atoms with E-state index in [-0.39, 0.29) is 5.75 Å². The molecule has 0 aliphatic carbocycles. The monoisotopic (exact) mass is 247 g/mol. The van der Waals surface area contributed by atoms with Crippen molar-refractivity contribution >= 4 is 22.5 Å². The second kappa shape index (κ2) is 3.83. The first-order valence-electron chi connectivity index (χ1n) is 4.26. The summed E-state index contributed by atoms with van der Waals surface area (Å²) < 4.78 is 39.6. The molecule has 6 heteroatoms. The van der Waals surface area contributed by atoms with E-state index >= 15 is 0 Å². The molecule has 2 rings (SSSR count). The van der Waals surface area contributed by atoms with Crippen molar-refractivity contribution in [2.75, 3.05) is 0 Å². The van der Waals surface area contributed by atoms with Crippen LogP contribution in [0.1, 0.15) is 0 Å². The summed E-state index contributed by atoms with van der Waals surface area (Å²) in [6.45, 7) is 0. The van der Waals surface area contributed by atoms with Crippen LogP contribution in [-0.2, 0) is 0 Å². The van der Waals surface area contributed by atoms with Crippen LogP contribution in [0.5, 0.6) is 5.75 Å². The lowest BCUT2D eigenvalue weighted by atomic mass is 10.2. The van der Waals surface area contributed by atoms with E-state index < -0.39 is 6.36 Å². The number of hydrogen-bond donors (Lipinski definition) is 0. The molecule has 2 nitrogen and oxygen atoms in total. The Hall–Kier alpha value is -1.49. The van der Waals surface area contributed by atoms with Crippen LogP contribution in [0.15, 0.2) is 30.5 Å². The standard InChI is InChI=1S/C10H5ClF3NO/c11-8-3-4-15-9-5-6(1-2-7(8)9)16-10(12,13)14/h1-5H. The maximum atomic E-state index is 12.0. The third-order valence-corrected chi connectivity index (χ3v) is 2.22. The minimum absolute atomic E-state index is 0.310. The quantitative estimate of drug-likeness (QED) is 0.765. The number of pyridine rings is 1. The Morgan fingerprint density at radius 2 is 1.94 bits per heavy atom. The zero-order valence-corrected chi connectivity index (χ0v) is 8.51. The maximum absolute atomic E-state index is 12.0. The molecule has 0 amide bonds. The first-order valence-corrected chi connectivity index (χ1v) is 4.63. The highest BCUT2D eigenvalue weighted by atomic mass is 35.5. The summed E-state index contributed by atoms with van der Waals surface area (Å²) >= 11 is 5.84. The molecule has 84 valence electrons. The second-order valence-corrected chi connectivity index (χ2v) is 3.43. The summed E-state index contributed by atoms with van der Waals surface area (Å²) in [7, 11) is 0. The molecule has 0 N–H and O–H groups in total. The Labute approximate surface area is 93.6 Å². The fraction of sp³-hybridized carbons (Fsp3) is 0.100. The molecule has 0 atom stereocenters. The number of nitrogens with zero attached hydrogens (tertiary/aromatic N) is 1. The van der Waals surface area contributed by atoms with Gasteiger partial charge in [-0.15, -0.1) is 13.2 Å². The minimum Gasteiger partial charge on any atom is -0.406 e. The van der Waals surface area contributed by atoms with Gasteiger partial charge in [-0.1, -0.05) is 11.6 Å². The number of alkyl halides is 3. The van der Waals surface area contributed by atoms with Gasteiger partial charge in [-0.25, -0.2) is 0 Å². The third kappa shape index (κ3) is 2.36. The summed E-state index contributed by atoms with van der Waals surface area (Å²) in [6.07, 6.45) is -3.28. The van der Waals surface area contributed by atoms with Gasteiger partial charge in [0.1, 0.15) is 5.75 Å². The third-order valence-electron chi connectivity index (χ3n) is 1.89. The molecule has 0 aliphatic heterocycles. The molecule has 0 unspecified atom stereocenters. The van der Waals surface area contributed by atoms with Gasteiger partial charge in [-0.05, 0) is 18.2 Å². The Kier molecular flexibility index (Phi) is 2.63. The van der Waals surface area contributed by atoms with Gasteiger partial charge >= 0.3 is 6.36 Å². The van der Waals surface area contributed by atoms with Crippen LogP contribution in [-0.4, -0.2) is 11.3 Å². The van der Waals surface area contributed by atoms with Crippen LogP contribution in [0, 0.1) is 0 Å². The Balaban J connectivity index is 2.45. The summed E-state index contributed by atoms with van der Waals surface area (Å²) in [5.74, 6) is -0.310. The number of fused-ring (bicyclic) bond motifs is 1. The van der Waals surface area contributed by atoms with Crippen molar-refractivity contribution in [3.05, 3.63) is 35.5 Å². The Morgan fingerprint density at radius 3 is 2.62 bits per heavy atom. The van der Waals surface area contributed by atoms with Crippen molar-refractivity contribution in [1.82, 2.24) is 4.98 Å². The average Bonchev–Trinajstić information content (AvgIpc) is 2.15. The lowest BCUT2D eigenvalue weighted by Crippen LogP contribution is -2.17. The predicted molar refractivity (Wildman–Crippen MR) is 53.4 cm³/mol. The predicted octanol–water partition coefficient (Wildman–Crippen LogP) is 3.79. The maximum Gasteiger partial charge on any atom is 0.573 e. The fourth-order valence-corrected chi connectivity index (χ4v) is 1.51. The van der Waals surface area contributed by atoms with Crippen LogP contribution < -0.4 is 4.74 Å². The summed E-state index contributed by atoms with van der Waals surface area (Å²) in [5.41, 5.74) is 0.356. The smallest absolute Gasteiger partial charge is 0.406 e. The molecule has 0 aliphatic rings. The molecule has 0 fully saturated rings.